The number of benzene rings is 2. The molecule has 0 aliphatic rings. The van der Waals surface area contributed by atoms with Crippen molar-refractivity contribution in [1.29, 1.82) is 0 Å². The molecule has 0 aliphatic heterocycles. The van der Waals surface area contributed by atoms with Crippen LogP contribution in [0.3, 0.4) is 0 Å². The minimum Gasteiger partial charge on any atom is -0.337 e. The highest BCUT2D eigenvalue weighted by atomic mass is 32.2. The fraction of sp³-hybridized carbons (Fsp3) is 0.111. The Bertz CT molecular complexity index is 1070. The van der Waals surface area contributed by atoms with E-state index in [4.69, 9.17) is 4.52 Å². The lowest BCUT2D eigenvalue weighted by Gasteiger charge is -2.08. The van der Waals surface area contributed by atoms with E-state index in [9.17, 15) is 17.6 Å². The topological polar surface area (TPSA) is 101 Å². The molecule has 0 saturated heterocycles. The molecule has 3 aromatic rings. The normalized spacial score (nSPS) is 11.2. The Hall–Kier alpha value is -3.20. The van der Waals surface area contributed by atoms with Crippen molar-refractivity contribution in [3.05, 3.63) is 71.2 Å². The number of rotatable bonds is 5. The van der Waals surface area contributed by atoms with E-state index in [-0.39, 0.29) is 16.3 Å². The Morgan fingerprint density at radius 2 is 1.67 bits per heavy atom. The number of amides is 1. The standard InChI is InChI=1S/C18H16FN3O4S/c1-11-12(2)21-26-18(11)22-27(24,25)16-9-7-15(8-10-16)20-17(23)13-3-5-14(19)6-4-13/h3-10,22H,1-2H3,(H,20,23). The molecular formula is C18H16FN3O4S. The average molecular weight is 389 g/mol. The number of nitrogens with one attached hydrogen (secondary N) is 2. The van der Waals surface area contributed by atoms with Gasteiger partial charge in [-0.1, -0.05) is 5.16 Å². The van der Waals surface area contributed by atoms with Gasteiger partial charge >= 0.3 is 0 Å². The Morgan fingerprint density at radius 1 is 1.04 bits per heavy atom. The summed E-state index contributed by atoms with van der Waals surface area (Å²) in [5.74, 6) is -0.816. The van der Waals surface area contributed by atoms with Crippen LogP contribution in [0.2, 0.25) is 0 Å². The summed E-state index contributed by atoms with van der Waals surface area (Å²) < 4.78 is 45.1. The SMILES string of the molecule is Cc1noc(NS(=O)(=O)c2ccc(NC(=O)c3ccc(F)cc3)cc2)c1C. The smallest absolute Gasteiger partial charge is 0.264 e. The van der Waals surface area contributed by atoms with Gasteiger partial charge in [0.25, 0.3) is 15.9 Å². The van der Waals surface area contributed by atoms with Crippen molar-refractivity contribution >= 4 is 27.5 Å². The first-order valence-corrected chi connectivity index (χ1v) is 9.37. The van der Waals surface area contributed by atoms with Gasteiger partial charge in [0.15, 0.2) is 0 Å². The fourth-order valence-corrected chi connectivity index (χ4v) is 3.26. The molecule has 1 amide bonds. The van der Waals surface area contributed by atoms with Gasteiger partial charge in [0.2, 0.25) is 5.88 Å². The van der Waals surface area contributed by atoms with E-state index in [0.717, 1.165) is 0 Å². The number of nitrogens with zero attached hydrogens (tertiary/aromatic N) is 1. The van der Waals surface area contributed by atoms with Gasteiger partial charge in [-0.2, -0.15) is 0 Å². The molecule has 0 unspecified atom stereocenters. The molecule has 2 N–H and O–H groups in total. The third kappa shape index (κ3) is 4.14. The van der Waals surface area contributed by atoms with Crippen molar-refractivity contribution in [3.8, 4) is 0 Å². The third-order valence-corrected chi connectivity index (χ3v) is 5.26. The zero-order valence-corrected chi connectivity index (χ0v) is 15.3. The molecule has 9 heteroatoms. The molecule has 140 valence electrons. The van der Waals surface area contributed by atoms with Crippen LogP contribution in [0.25, 0.3) is 0 Å². The van der Waals surface area contributed by atoms with E-state index in [1.54, 1.807) is 13.8 Å². The highest BCUT2D eigenvalue weighted by Crippen LogP contribution is 2.22. The first kappa shape index (κ1) is 18.6. The molecule has 0 aliphatic carbocycles. The summed E-state index contributed by atoms with van der Waals surface area (Å²) in [7, 11) is -3.86. The van der Waals surface area contributed by atoms with E-state index in [2.05, 4.69) is 15.2 Å². The number of aromatic nitrogens is 1. The van der Waals surface area contributed by atoms with Gasteiger partial charge in [-0.05, 0) is 62.4 Å². The van der Waals surface area contributed by atoms with Crippen molar-refractivity contribution in [3.63, 3.8) is 0 Å². The predicted molar refractivity (Wildman–Crippen MR) is 97.6 cm³/mol. The molecule has 0 radical (unpaired) electrons. The molecule has 3 rings (SSSR count). The highest BCUT2D eigenvalue weighted by molar-refractivity contribution is 7.92. The first-order valence-electron chi connectivity index (χ1n) is 7.89. The van der Waals surface area contributed by atoms with Gasteiger partial charge in [-0.15, -0.1) is 0 Å². The van der Waals surface area contributed by atoms with E-state index in [0.29, 0.717) is 16.9 Å². The molecule has 1 heterocycles. The third-order valence-electron chi connectivity index (χ3n) is 3.91. The summed E-state index contributed by atoms with van der Waals surface area (Å²) in [4.78, 5) is 12.1. The first-order chi connectivity index (χ1) is 12.8. The van der Waals surface area contributed by atoms with E-state index < -0.39 is 21.7 Å². The summed E-state index contributed by atoms with van der Waals surface area (Å²) in [5, 5.41) is 6.32. The summed E-state index contributed by atoms with van der Waals surface area (Å²) in [5.41, 5.74) is 1.87. The minimum atomic E-state index is -3.86. The summed E-state index contributed by atoms with van der Waals surface area (Å²) in [6.45, 7) is 3.40. The lowest BCUT2D eigenvalue weighted by molar-refractivity contribution is 0.102. The monoisotopic (exact) mass is 389 g/mol. The number of aryl methyl sites for hydroxylation is 1. The second-order valence-corrected chi connectivity index (χ2v) is 7.50. The molecule has 7 nitrogen and oxygen atoms in total. The van der Waals surface area contributed by atoms with Crippen LogP contribution in [-0.2, 0) is 10.0 Å². The van der Waals surface area contributed by atoms with Crippen LogP contribution < -0.4 is 10.0 Å². The zero-order valence-electron chi connectivity index (χ0n) is 14.5. The average Bonchev–Trinajstić information content (AvgIpc) is 2.94. The van der Waals surface area contributed by atoms with Crippen LogP contribution in [-0.4, -0.2) is 19.5 Å². The van der Waals surface area contributed by atoms with Crippen LogP contribution in [0.5, 0.6) is 0 Å². The van der Waals surface area contributed by atoms with Crippen LogP contribution >= 0.6 is 0 Å². The molecule has 1 aromatic heterocycles. The molecule has 0 fully saturated rings. The van der Waals surface area contributed by atoms with Gasteiger partial charge in [-0.3, -0.25) is 4.79 Å². The minimum absolute atomic E-state index is 0.00395. The maximum absolute atomic E-state index is 12.9. The number of sulfonamides is 1. The highest BCUT2D eigenvalue weighted by Gasteiger charge is 2.19. The maximum Gasteiger partial charge on any atom is 0.264 e. The number of hydrogen-bond acceptors (Lipinski definition) is 5. The second-order valence-electron chi connectivity index (χ2n) is 5.81. The van der Waals surface area contributed by atoms with Gasteiger partial charge in [0.1, 0.15) is 5.82 Å². The van der Waals surface area contributed by atoms with E-state index in [1.165, 1.54) is 48.5 Å². The number of halogens is 1. The van der Waals surface area contributed by atoms with E-state index >= 15 is 0 Å². The van der Waals surface area contributed by atoms with Crippen molar-refractivity contribution in [1.82, 2.24) is 5.16 Å². The Morgan fingerprint density at radius 3 is 2.22 bits per heavy atom. The van der Waals surface area contributed by atoms with Crippen LogP contribution in [0, 0.1) is 19.7 Å². The zero-order chi connectivity index (χ0) is 19.6. The molecule has 0 saturated carbocycles. The number of anilines is 2. The Labute approximate surface area is 155 Å². The molecule has 0 spiro atoms. The van der Waals surface area contributed by atoms with Crippen LogP contribution in [0.4, 0.5) is 16.0 Å². The van der Waals surface area contributed by atoms with Crippen molar-refractivity contribution in [2.45, 2.75) is 18.7 Å². The Balaban J connectivity index is 1.73. The lowest BCUT2D eigenvalue weighted by atomic mass is 10.2. The quantitative estimate of drug-likeness (QED) is 0.696. The molecule has 0 bridgehead atoms. The van der Waals surface area contributed by atoms with Crippen LogP contribution in [0.15, 0.2) is 57.9 Å². The molecule has 0 atom stereocenters. The van der Waals surface area contributed by atoms with Gasteiger partial charge in [0, 0.05) is 16.8 Å². The maximum atomic E-state index is 12.9. The summed E-state index contributed by atoms with van der Waals surface area (Å²) in [6, 6.07) is 10.7. The van der Waals surface area contributed by atoms with Crippen molar-refractivity contribution < 1.29 is 22.1 Å². The predicted octanol–water partition coefficient (Wildman–Crippen LogP) is 3.48. The van der Waals surface area contributed by atoms with Crippen molar-refractivity contribution in [2.75, 3.05) is 10.0 Å². The Kier molecular flexibility index (Phi) is 4.95. The number of carbonyl (C=O) groups excluding carboxylic acids is 1. The van der Waals surface area contributed by atoms with Crippen molar-refractivity contribution in [2.24, 2.45) is 0 Å². The van der Waals surface area contributed by atoms with Gasteiger partial charge < -0.3 is 9.84 Å². The van der Waals surface area contributed by atoms with Gasteiger partial charge in [-0.25, -0.2) is 17.5 Å². The lowest BCUT2D eigenvalue weighted by Crippen LogP contribution is -2.14. The second kappa shape index (κ2) is 7.20. The largest absolute Gasteiger partial charge is 0.337 e. The van der Waals surface area contributed by atoms with Crippen LogP contribution in [0.1, 0.15) is 21.6 Å². The molecule has 2 aromatic carbocycles. The van der Waals surface area contributed by atoms with E-state index in [1.807, 2.05) is 0 Å². The fourth-order valence-electron chi connectivity index (χ4n) is 2.21. The summed E-state index contributed by atoms with van der Waals surface area (Å²) in [6.07, 6.45) is 0. The molecular weight excluding hydrogens is 373 g/mol. The number of carbonyl (C=O) groups is 1. The summed E-state index contributed by atoms with van der Waals surface area (Å²) >= 11 is 0. The van der Waals surface area contributed by atoms with Gasteiger partial charge in [0.05, 0.1) is 10.6 Å². The molecule has 27 heavy (non-hydrogen) atoms. The number of hydrogen-bond donors (Lipinski definition) is 2.